The summed E-state index contributed by atoms with van der Waals surface area (Å²) in [5, 5.41) is 0. The molecule has 0 saturated heterocycles. The Morgan fingerprint density at radius 2 is 1.00 bits per heavy atom. The van der Waals surface area contributed by atoms with Gasteiger partial charge in [0.05, 0.1) is 0 Å². The van der Waals surface area contributed by atoms with Crippen LogP contribution in [0.3, 0.4) is 0 Å². The summed E-state index contributed by atoms with van der Waals surface area (Å²) < 4.78 is 0. The first-order valence-electron chi connectivity index (χ1n) is 2.00. The summed E-state index contributed by atoms with van der Waals surface area (Å²) in [6.07, 6.45) is 0. The summed E-state index contributed by atoms with van der Waals surface area (Å²) in [7, 11) is -0.611. The second-order valence-electron chi connectivity index (χ2n) is 3.00. The van der Waals surface area contributed by atoms with Crippen LogP contribution in [0.15, 0.2) is 0 Å². The number of hydrogen-bond acceptors (Lipinski definition) is 0. The van der Waals surface area contributed by atoms with Gasteiger partial charge in [-0.1, -0.05) is 26.2 Å². The van der Waals surface area contributed by atoms with E-state index in [-0.39, 0.29) is 52.8 Å². The molecule has 0 bridgehead atoms. The molecule has 0 aliphatic carbocycles. The maximum atomic E-state index is 2.33. The van der Waals surface area contributed by atoms with Gasteiger partial charge in [0, 0.05) is 8.07 Å². The fourth-order valence-corrected chi connectivity index (χ4v) is 0. The van der Waals surface area contributed by atoms with Crippen LogP contribution >= 0.6 is 0 Å². The quantitative estimate of drug-likeness (QED) is 0.370. The normalized spacial score (nSPS) is 10.0. The molecule has 0 nitrogen and oxygen atoms in total. The van der Waals surface area contributed by atoms with Crippen molar-refractivity contribution in [3.8, 4) is 0 Å². The number of rotatable bonds is 0. The summed E-state index contributed by atoms with van der Waals surface area (Å²) in [4.78, 5) is 0. The molecule has 34 valence electrons. The predicted octanol–water partition coefficient (Wildman–Crippen LogP) is -0.929. The fourth-order valence-electron chi connectivity index (χ4n) is 0. The van der Waals surface area contributed by atoms with E-state index in [1.54, 1.807) is 0 Å². The van der Waals surface area contributed by atoms with Gasteiger partial charge in [0.15, 0.2) is 0 Å². The Hall–Kier alpha value is 1.85. The second kappa shape index (κ2) is 3.81. The van der Waals surface area contributed by atoms with E-state index in [4.69, 9.17) is 0 Å². The Bertz CT molecular complexity index is 27.2. The third-order valence-corrected chi connectivity index (χ3v) is 0. The van der Waals surface area contributed by atoms with Crippen molar-refractivity contribution in [2.45, 2.75) is 26.2 Å². The molecule has 0 aliphatic rings. The first-order valence-corrected chi connectivity index (χ1v) is 6.00. The molecular formula is C4H13KSi. The summed E-state index contributed by atoms with van der Waals surface area (Å²) in [6, 6.07) is 0. The van der Waals surface area contributed by atoms with E-state index in [0.717, 1.165) is 0 Å². The average Bonchev–Trinajstić information content (AvgIpc) is 0.722. The van der Waals surface area contributed by atoms with E-state index in [2.05, 4.69) is 26.2 Å². The molecule has 2 heteroatoms. The molecule has 6 heavy (non-hydrogen) atoms. The standard InChI is InChI=1S/C4H12Si.K.H/c1-5(2,3)4;;/h1-4H3;;/q;+1;-1. The van der Waals surface area contributed by atoms with Gasteiger partial charge in [0.2, 0.25) is 0 Å². The van der Waals surface area contributed by atoms with E-state index < -0.39 is 8.07 Å². The van der Waals surface area contributed by atoms with Crippen LogP contribution < -0.4 is 51.4 Å². The zero-order chi connectivity index (χ0) is 4.50. The van der Waals surface area contributed by atoms with Gasteiger partial charge in [0.1, 0.15) is 0 Å². The molecule has 0 unspecified atom stereocenters. The van der Waals surface area contributed by atoms with Gasteiger partial charge in [-0.15, -0.1) is 0 Å². The third-order valence-electron chi connectivity index (χ3n) is 0. The molecule has 0 heterocycles. The fraction of sp³-hybridized carbons (Fsp3) is 1.00. The second-order valence-corrected chi connectivity index (χ2v) is 9.00. The van der Waals surface area contributed by atoms with Gasteiger partial charge in [-0.2, -0.15) is 0 Å². The molecule has 0 aliphatic heterocycles. The van der Waals surface area contributed by atoms with E-state index in [1.165, 1.54) is 0 Å². The molecule has 0 atom stereocenters. The first-order chi connectivity index (χ1) is 2.00. The van der Waals surface area contributed by atoms with Crippen LogP contribution in [0.2, 0.25) is 26.2 Å². The van der Waals surface area contributed by atoms with Crippen LogP contribution in [0.1, 0.15) is 1.43 Å². The Morgan fingerprint density at radius 3 is 1.00 bits per heavy atom. The zero-order valence-corrected chi connectivity index (χ0v) is 9.62. The van der Waals surface area contributed by atoms with Crippen molar-refractivity contribution in [1.82, 2.24) is 0 Å². The van der Waals surface area contributed by atoms with Crippen molar-refractivity contribution >= 4 is 8.07 Å². The average molecular weight is 128 g/mol. The molecule has 0 spiro atoms. The Balaban J connectivity index is -0.0000000800. The summed E-state index contributed by atoms with van der Waals surface area (Å²) >= 11 is 0. The molecule has 0 aromatic rings. The molecule has 0 radical (unpaired) electrons. The maximum absolute atomic E-state index is 2.33. The Labute approximate surface area is 85.6 Å². The van der Waals surface area contributed by atoms with E-state index in [9.17, 15) is 0 Å². The third kappa shape index (κ3) is 40.1. The van der Waals surface area contributed by atoms with Gasteiger partial charge in [0.25, 0.3) is 0 Å². The predicted molar refractivity (Wildman–Crippen MR) is 30.3 cm³/mol. The van der Waals surface area contributed by atoms with Gasteiger partial charge >= 0.3 is 51.4 Å². The maximum Gasteiger partial charge on any atom is 1.00 e. The van der Waals surface area contributed by atoms with Crippen LogP contribution in [0.25, 0.3) is 0 Å². The molecule has 0 N–H and O–H groups in total. The van der Waals surface area contributed by atoms with Crippen LogP contribution in [-0.2, 0) is 0 Å². The molecule has 0 saturated carbocycles. The summed E-state index contributed by atoms with van der Waals surface area (Å²) in [6.45, 7) is 9.31. The first kappa shape index (κ1) is 10.8. The van der Waals surface area contributed by atoms with E-state index in [1.807, 2.05) is 0 Å². The Kier molecular flexibility index (Phi) is 6.83. The Morgan fingerprint density at radius 1 is 1.00 bits per heavy atom. The van der Waals surface area contributed by atoms with Crippen molar-refractivity contribution < 1.29 is 52.8 Å². The van der Waals surface area contributed by atoms with Gasteiger partial charge < -0.3 is 1.43 Å². The van der Waals surface area contributed by atoms with Crippen molar-refractivity contribution in [2.75, 3.05) is 0 Å². The van der Waals surface area contributed by atoms with Crippen LogP contribution in [0.4, 0.5) is 0 Å². The molecule has 0 rings (SSSR count). The summed E-state index contributed by atoms with van der Waals surface area (Å²) in [5.41, 5.74) is 0. The minimum atomic E-state index is -0.611. The monoisotopic (exact) mass is 128 g/mol. The SMILES string of the molecule is C[Si](C)(C)C.[H-].[K+]. The summed E-state index contributed by atoms with van der Waals surface area (Å²) in [5.74, 6) is 0. The van der Waals surface area contributed by atoms with Crippen molar-refractivity contribution in [3.63, 3.8) is 0 Å². The zero-order valence-electron chi connectivity index (χ0n) is 6.50. The van der Waals surface area contributed by atoms with Gasteiger partial charge in [-0.25, -0.2) is 0 Å². The van der Waals surface area contributed by atoms with E-state index >= 15 is 0 Å². The van der Waals surface area contributed by atoms with Crippen molar-refractivity contribution in [1.29, 1.82) is 0 Å². The molecule has 0 amide bonds. The van der Waals surface area contributed by atoms with Gasteiger partial charge in [-0.05, 0) is 0 Å². The largest absolute Gasteiger partial charge is 1.00 e. The van der Waals surface area contributed by atoms with E-state index in [0.29, 0.717) is 0 Å². The van der Waals surface area contributed by atoms with Crippen molar-refractivity contribution in [2.24, 2.45) is 0 Å². The molecule has 0 aromatic heterocycles. The minimum absolute atomic E-state index is 0. The van der Waals surface area contributed by atoms with Gasteiger partial charge in [-0.3, -0.25) is 0 Å². The number of hydrogen-bond donors (Lipinski definition) is 0. The topological polar surface area (TPSA) is 0 Å². The van der Waals surface area contributed by atoms with Crippen LogP contribution in [-0.4, -0.2) is 8.07 Å². The van der Waals surface area contributed by atoms with Crippen molar-refractivity contribution in [3.05, 3.63) is 0 Å². The molecular weight excluding hydrogens is 115 g/mol. The molecule has 0 aromatic carbocycles. The van der Waals surface area contributed by atoms with Crippen LogP contribution in [0, 0.1) is 0 Å². The smallest absolute Gasteiger partial charge is 1.00 e. The molecule has 0 fully saturated rings. The minimum Gasteiger partial charge on any atom is -1.00 e. The van der Waals surface area contributed by atoms with Crippen LogP contribution in [0.5, 0.6) is 0 Å².